The standard InChI is InChI=1S/C43H34ClF3N4O6/c1-55-42(54)37(17-24-2-7-27(8-3-24)28-9-4-25(21-48)5-10-28)51-40(52)36-19-30-18-35-38(20-31(30)22-49-36)57-39(41(53)50-35)29-11-13-32(14-12-29)56-23-26-6-15-34(44)33(16-26)43(45,46)47/h2-16,18,20,36-37,39,49H,17,19,22-23H2,1H3,(H,50,53)(H,51,52)/t36?,37-,39?/m0/s1. The number of nitrogens with zero attached hydrogens (tertiary/aromatic N) is 1. The number of carbonyl (C=O) groups excluding carboxylic acids is 3. The summed E-state index contributed by atoms with van der Waals surface area (Å²) in [5, 5.41) is 17.6. The van der Waals surface area contributed by atoms with E-state index in [4.69, 9.17) is 31.1 Å². The van der Waals surface area contributed by atoms with Gasteiger partial charge in [0.25, 0.3) is 5.91 Å². The van der Waals surface area contributed by atoms with Gasteiger partial charge < -0.3 is 30.2 Å². The second-order valence-electron chi connectivity index (χ2n) is 13.6. The van der Waals surface area contributed by atoms with Crippen molar-refractivity contribution in [2.45, 2.75) is 50.4 Å². The van der Waals surface area contributed by atoms with E-state index >= 15 is 0 Å². The Kier molecular flexibility index (Phi) is 11.2. The van der Waals surface area contributed by atoms with Crippen molar-refractivity contribution < 1.29 is 41.8 Å². The monoisotopic (exact) mass is 794 g/mol. The van der Waals surface area contributed by atoms with Crippen LogP contribution in [0, 0.1) is 11.3 Å². The molecule has 3 N–H and O–H groups in total. The molecule has 2 aliphatic heterocycles. The Bertz CT molecular complexity index is 2360. The summed E-state index contributed by atoms with van der Waals surface area (Å²) in [7, 11) is 1.27. The van der Waals surface area contributed by atoms with Crippen molar-refractivity contribution in [3.8, 4) is 28.7 Å². The summed E-state index contributed by atoms with van der Waals surface area (Å²) in [6.45, 7) is 0.199. The number of benzene rings is 5. The molecule has 0 bridgehead atoms. The number of carbonyl (C=O) groups is 3. The van der Waals surface area contributed by atoms with Crippen molar-refractivity contribution in [1.29, 1.82) is 5.26 Å². The van der Waals surface area contributed by atoms with Crippen LogP contribution in [0.2, 0.25) is 5.02 Å². The first-order valence-corrected chi connectivity index (χ1v) is 18.2. The molecule has 3 atom stereocenters. The van der Waals surface area contributed by atoms with Gasteiger partial charge in [-0.05, 0) is 88.3 Å². The number of nitrogens with one attached hydrogen (secondary N) is 3. The minimum absolute atomic E-state index is 0.127. The van der Waals surface area contributed by atoms with Gasteiger partial charge in [0.15, 0.2) is 0 Å². The lowest BCUT2D eigenvalue weighted by atomic mass is 9.93. The van der Waals surface area contributed by atoms with Crippen LogP contribution >= 0.6 is 11.6 Å². The van der Waals surface area contributed by atoms with Gasteiger partial charge in [0.2, 0.25) is 12.0 Å². The number of esters is 1. The predicted molar refractivity (Wildman–Crippen MR) is 204 cm³/mol. The Morgan fingerprint density at radius 2 is 1.63 bits per heavy atom. The van der Waals surface area contributed by atoms with Crippen LogP contribution in [0.5, 0.6) is 11.5 Å². The van der Waals surface area contributed by atoms with Crippen molar-refractivity contribution in [3.05, 3.63) is 147 Å². The Labute approximate surface area is 330 Å². The van der Waals surface area contributed by atoms with Crippen LogP contribution in [-0.2, 0) is 51.3 Å². The number of alkyl halides is 3. The molecule has 0 saturated heterocycles. The molecule has 0 radical (unpaired) electrons. The van der Waals surface area contributed by atoms with Gasteiger partial charge in [0, 0.05) is 18.5 Å². The summed E-state index contributed by atoms with van der Waals surface area (Å²) >= 11 is 5.71. The molecule has 0 spiro atoms. The lowest BCUT2D eigenvalue weighted by Gasteiger charge is -2.31. The van der Waals surface area contributed by atoms with E-state index in [1.165, 1.54) is 19.2 Å². The average Bonchev–Trinajstić information content (AvgIpc) is 3.21. The molecular formula is C43H34ClF3N4O6. The average molecular weight is 795 g/mol. The minimum Gasteiger partial charge on any atom is -0.489 e. The number of halogens is 4. The van der Waals surface area contributed by atoms with Crippen LogP contribution in [0.15, 0.2) is 103 Å². The highest BCUT2D eigenvalue weighted by Crippen LogP contribution is 2.39. The first kappa shape index (κ1) is 38.9. The molecule has 5 aromatic carbocycles. The number of anilines is 1. The molecule has 57 heavy (non-hydrogen) atoms. The number of hydrogen-bond acceptors (Lipinski definition) is 8. The van der Waals surface area contributed by atoms with Gasteiger partial charge in [0.05, 0.1) is 41.1 Å². The fraction of sp³-hybridized carbons (Fsp3) is 0.209. The Balaban J connectivity index is 0.964. The van der Waals surface area contributed by atoms with Crippen LogP contribution < -0.4 is 25.4 Å². The molecule has 2 amide bonds. The smallest absolute Gasteiger partial charge is 0.417 e. The SMILES string of the molecule is COC(=O)[C@H](Cc1ccc(-c2ccc(C#N)cc2)cc1)NC(=O)C1Cc2cc3c(cc2CN1)OC(c1ccc(OCc2ccc(Cl)c(C(F)(F)F)c2)cc1)C(=O)N3. The Hall–Kier alpha value is -6.36. The molecule has 14 heteroatoms. The zero-order valence-electron chi connectivity index (χ0n) is 30.3. The summed E-state index contributed by atoms with van der Waals surface area (Å²) < 4.78 is 56.6. The van der Waals surface area contributed by atoms with Gasteiger partial charge in [-0.1, -0.05) is 66.2 Å². The van der Waals surface area contributed by atoms with E-state index in [0.29, 0.717) is 34.9 Å². The number of ether oxygens (including phenoxy) is 3. The zero-order chi connectivity index (χ0) is 40.3. The summed E-state index contributed by atoms with van der Waals surface area (Å²) in [6.07, 6.45) is -5.08. The first-order chi connectivity index (χ1) is 27.4. The van der Waals surface area contributed by atoms with E-state index in [-0.39, 0.29) is 30.9 Å². The van der Waals surface area contributed by atoms with Gasteiger partial charge in [-0.3, -0.25) is 9.59 Å². The van der Waals surface area contributed by atoms with Gasteiger partial charge in [-0.2, -0.15) is 18.4 Å². The molecule has 2 aliphatic rings. The zero-order valence-corrected chi connectivity index (χ0v) is 31.0. The third-order valence-corrected chi connectivity index (χ3v) is 10.1. The van der Waals surface area contributed by atoms with E-state index in [9.17, 15) is 27.6 Å². The predicted octanol–water partition coefficient (Wildman–Crippen LogP) is 7.46. The first-order valence-electron chi connectivity index (χ1n) is 17.8. The molecule has 290 valence electrons. The molecule has 0 aromatic heterocycles. The number of rotatable bonds is 10. The van der Waals surface area contributed by atoms with Gasteiger partial charge >= 0.3 is 12.1 Å². The summed E-state index contributed by atoms with van der Waals surface area (Å²) in [5.74, 6) is -0.545. The van der Waals surface area contributed by atoms with Gasteiger partial charge in [-0.15, -0.1) is 0 Å². The number of fused-ring (bicyclic) bond motifs is 2. The molecule has 2 unspecified atom stereocenters. The van der Waals surface area contributed by atoms with Crippen molar-refractivity contribution in [1.82, 2.24) is 10.6 Å². The molecule has 0 aliphatic carbocycles. The largest absolute Gasteiger partial charge is 0.489 e. The second kappa shape index (κ2) is 16.4. The van der Waals surface area contributed by atoms with Crippen LogP contribution in [0.1, 0.15) is 45.0 Å². The Morgan fingerprint density at radius 1 is 0.947 bits per heavy atom. The lowest BCUT2D eigenvalue weighted by molar-refractivity contribution is -0.145. The van der Waals surface area contributed by atoms with E-state index in [2.05, 4.69) is 22.0 Å². The van der Waals surface area contributed by atoms with E-state index in [1.807, 2.05) is 42.5 Å². The van der Waals surface area contributed by atoms with E-state index < -0.39 is 46.8 Å². The number of methoxy groups -OCH3 is 1. The topological polar surface area (TPSA) is 139 Å². The fourth-order valence-corrected chi connectivity index (χ4v) is 6.95. The molecule has 5 aromatic rings. The van der Waals surface area contributed by atoms with Crippen LogP contribution in [0.3, 0.4) is 0 Å². The maximum Gasteiger partial charge on any atom is 0.417 e. The Morgan fingerprint density at radius 3 is 2.30 bits per heavy atom. The van der Waals surface area contributed by atoms with Gasteiger partial charge in [0.1, 0.15) is 24.1 Å². The van der Waals surface area contributed by atoms with Crippen molar-refractivity contribution in [2.75, 3.05) is 12.4 Å². The molecule has 0 fully saturated rings. The lowest BCUT2D eigenvalue weighted by Crippen LogP contribution is -2.53. The summed E-state index contributed by atoms with van der Waals surface area (Å²) in [6, 6.07) is 29.0. The molecule has 10 nitrogen and oxygen atoms in total. The highest BCUT2D eigenvalue weighted by molar-refractivity contribution is 6.31. The highest BCUT2D eigenvalue weighted by atomic mass is 35.5. The maximum absolute atomic E-state index is 13.5. The second-order valence-corrected chi connectivity index (χ2v) is 14.0. The fourth-order valence-electron chi connectivity index (χ4n) is 6.72. The van der Waals surface area contributed by atoms with E-state index in [0.717, 1.165) is 33.9 Å². The van der Waals surface area contributed by atoms with Crippen LogP contribution in [0.25, 0.3) is 11.1 Å². The third-order valence-electron chi connectivity index (χ3n) is 9.79. The normalized spacial score (nSPS) is 16.5. The minimum atomic E-state index is -4.59. The number of nitriles is 1. The number of hydrogen-bond donors (Lipinski definition) is 3. The molecule has 2 heterocycles. The molecular weight excluding hydrogens is 761 g/mol. The number of amides is 2. The van der Waals surface area contributed by atoms with Crippen LogP contribution in [0.4, 0.5) is 18.9 Å². The van der Waals surface area contributed by atoms with Crippen LogP contribution in [-0.4, -0.2) is 37.0 Å². The van der Waals surface area contributed by atoms with Gasteiger partial charge in [-0.25, -0.2) is 4.79 Å². The summed E-state index contributed by atoms with van der Waals surface area (Å²) in [5.41, 5.74) is 5.30. The molecule has 7 rings (SSSR count). The summed E-state index contributed by atoms with van der Waals surface area (Å²) in [4.78, 5) is 39.5. The van der Waals surface area contributed by atoms with Crippen molar-refractivity contribution in [3.63, 3.8) is 0 Å². The maximum atomic E-state index is 13.5. The third kappa shape index (κ3) is 8.88. The van der Waals surface area contributed by atoms with Crippen molar-refractivity contribution in [2.24, 2.45) is 0 Å². The molecule has 0 saturated carbocycles. The quantitative estimate of drug-likeness (QED) is 0.124. The highest BCUT2D eigenvalue weighted by Gasteiger charge is 2.35. The van der Waals surface area contributed by atoms with E-state index in [1.54, 1.807) is 42.5 Å². The van der Waals surface area contributed by atoms with Crippen molar-refractivity contribution >= 4 is 35.1 Å².